The maximum absolute atomic E-state index is 13.2. The summed E-state index contributed by atoms with van der Waals surface area (Å²) in [7, 11) is -3.69. The number of nitrogens with one attached hydrogen (secondary N) is 1. The van der Waals surface area contributed by atoms with E-state index in [4.69, 9.17) is 4.74 Å². The molecule has 4 aliphatic rings. The molecule has 0 unspecified atom stereocenters. The number of benzene rings is 1. The number of carbonyl (C=O) groups is 2. The van der Waals surface area contributed by atoms with Crippen molar-refractivity contribution in [2.75, 3.05) is 18.4 Å². The van der Waals surface area contributed by atoms with Gasteiger partial charge in [-0.05, 0) is 81.9 Å². The summed E-state index contributed by atoms with van der Waals surface area (Å²) in [6.07, 6.45) is 3.35. The first-order valence-electron chi connectivity index (χ1n) is 12.3. The average Bonchev–Trinajstić information content (AvgIpc) is 2.73. The Labute approximate surface area is 202 Å². The minimum absolute atomic E-state index is 0.139. The Morgan fingerprint density at radius 1 is 1.18 bits per heavy atom. The number of ether oxygens (including phenoxy) is 1. The third kappa shape index (κ3) is 4.50. The van der Waals surface area contributed by atoms with Gasteiger partial charge >= 0.3 is 5.97 Å². The van der Waals surface area contributed by atoms with Crippen LogP contribution in [0.3, 0.4) is 0 Å². The standard InChI is InChI=1S/C25H36N2O6S/c1-5-27(6-2)34(31,32)21-10-20(8-7-16(21)3)26-22(28)17(4)33-23(29)24-11-18-9-19(12-24)14-25(30,13-18)15-24/h7-8,10,17-19,30H,5-6,9,11-15H2,1-4H3,(H,26,28)/t17-,18-,19-,24?,25?/m1/s1. The maximum Gasteiger partial charge on any atom is 0.312 e. The van der Waals surface area contributed by atoms with Crippen LogP contribution in [0.5, 0.6) is 0 Å². The van der Waals surface area contributed by atoms with Crippen LogP contribution >= 0.6 is 0 Å². The normalized spacial score (nSPS) is 30.9. The molecule has 2 N–H and O–H groups in total. The molecular weight excluding hydrogens is 456 g/mol. The Hall–Kier alpha value is -1.97. The molecule has 4 saturated carbocycles. The fraction of sp³-hybridized carbons (Fsp3) is 0.680. The predicted molar refractivity (Wildman–Crippen MR) is 128 cm³/mol. The number of carbonyl (C=O) groups excluding carboxylic acids is 2. The van der Waals surface area contributed by atoms with Crippen molar-refractivity contribution in [3.05, 3.63) is 23.8 Å². The van der Waals surface area contributed by atoms with Crippen LogP contribution in [0.25, 0.3) is 0 Å². The smallest absolute Gasteiger partial charge is 0.312 e. The number of aliphatic hydroxyl groups is 1. The topological polar surface area (TPSA) is 113 Å². The molecule has 1 aromatic carbocycles. The van der Waals surface area contributed by atoms with Crippen molar-refractivity contribution in [1.29, 1.82) is 0 Å². The van der Waals surface area contributed by atoms with Crippen molar-refractivity contribution in [1.82, 2.24) is 4.31 Å². The Balaban J connectivity index is 1.45. The lowest BCUT2D eigenvalue weighted by Gasteiger charge is -2.58. The van der Waals surface area contributed by atoms with E-state index in [9.17, 15) is 23.1 Å². The van der Waals surface area contributed by atoms with E-state index < -0.39 is 39.0 Å². The van der Waals surface area contributed by atoms with Crippen LogP contribution in [0.2, 0.25) is 0 Å². The van der Waals surface area contributed by atoms with Crippen LogP contribution < -0.4 is 5.32 Å². The van der Waals surface area contributed by atoms with E-state index in [2.05, 4.69) is 5.32 Å². The second-order valence-corrected chi connectivity index (χ2v) is 12.5. The largest absolute Gasteiger partial charge is 0.452 e. The molecule has 1 amide bonds. The predicted octanol–water partition coefficient (Wildman–Crippen LogP) is 3.23. The van der Waals surface area contributed by atoms with Crippen LogP contribution in [-0.2, 0) is 24.3 Å². The van der Waals surface area contributed by atoms with Crippen LogP contribution in [0, 0.1) is 24.2 Å². The minimum atomic E-state index is -3.69. The highest BCUT2D eigenvalue weighted by atomic mass is 32.2. The highest BCUT2D eigenvalue weighted by Crippen LogP contribution is 2.62. The summed E-state index contributed by atoms with van der Waals surface area (Å²) in [5.41, 5.74) is -0.580. The fourth-order valence-corrected chi connectivity index (χ4v) is 8.40. The van der Waals surface area contributed by atoms with Gasteiger partial charge in [-0.3, -0.25) is 9.59 Å². The van der Waals surface area contributed by atoms with Gasteiger partial charge in [0, 0.05) is 18.8 Å². The zero-order chi connectivity index (χ0) is 24.9. The van der Waals surface area contributed by atoms with Gasteiger partial charge < -0.3 is 15.2 Å². The van der Waals surface area contributed by atoms with E-state index in [-0.39, 0.29) is 4.90 Å². The molecule has 188 valence electrons. The third-order valence-corrected chi connectivity index (χ3v) is 10.1. The first-order valence-corrected chi connectivity index (χ1v) is 13.7. The summed E-state index contributed by atoms with van der Waals surface area (Å²) in [5, 5.41) is 13.6. The first-order chi connectivity index (χ1) is 15.9. The number of sulfonamides is 1. The van der Waals surface area contributed by atoms with Crippen LogP contribution in [-0.4, -0.2) is 54.5 Å². The lowest BCUT2D eigenvalue weighted by atomic mass is 9.48. The van der Waals surface area contributed by atoms with Gasteiger partial charge in [-0.1, -0.05) is 19.9 Å². The van der Waals surface area contributed by atoms with Crippen molar-refractivity contribution in [3.8, 4) is 0 Å². The molecule has 4 aliphatic carbocycles. The minimum Gasteiger partial charge on any atom is -0.452 e. The van der Waals surface area contributed by atoms with Gasteiger partial charge in [0.05, 0.1) is 15.9 Å². The van der Waals surface area contributed by atoms with Gasteiger partial charge in [-0.15, -0.1) is 0 Å². The van der Waals surface area contributed by atoms with Gasteiger partial charge in [-0.2, -0.15) is 4.31 Å². The number of aryl methyl sites for hydroxylation is 1. The van der Waals surface area contributed by atoms with Crippen molar-refractivity contribution < 1.29 is 27.9 Å². The number of nitrogens with zero attached hydrogens (tertiary/aromatic N) is 1. The Kier molecular flexibility index (Phi) is 6.59. The molecule has 0 radical (unpaired) electrons. The summed E-state index contributed by atoms with van der Waals surface area (Å²) in [4.78, 5) is 26.2. The molecule has 3 atom stereocenters. The van der Waals surface area contributed by atoms with Crippen LogP contribution in [0.4, 0.5) is 5.69 Å². The van der Waals surface area contributed by atoms with E-state index in [0.29, 0.717) is 55.4 Å². The Morgan fingerprint density at radius 2 is 1.79 bits per heavy atom. The summed E-state index contributed by atoms with van der Waals surface area (Å²) < 4.78 is 33.0. The highest BCUT2D eigenvalue weighted by Gasteiger charge is 2.61. The molecule has 4 bridgehead atoms. The number of anilines is 1. The summed E-state index contributed by atoms with van der Waals surface area (Å²) in [6, 6.07) is 4.74. The molecular formula is C25H36N2O6S. The molecule has 0 aromatic heterocycles. The van der Waals surface area contributed by atoms with Gasteiger partial charge in [0.15, 0.2) is 6.10 Å². The average molecular weight is 493 g/mol. The van der Waals surface area contributed by atoms with E-state index in [1.165, 1.54) is 17.3 Å². The zero-order valence-electron chi connectivity index (χ0n) is 20.5. The molecule has 1 aromatic rings. The van der Waals surface area contributed by atoms with Crippen molar-refractivity contribution in [2.45, 2.75) is 82.8 Å². The monoisotopic (exact) mass is 492 g/mol. The SMILES string of the molecule is CCN(CC)S(=O)(=O)c1cc(NC(=O)[C@@H](C)OC(=O)C23C[C@H]4C[C@@H](CC(O)(C4)C2)C3)ccc1C. The van der Waals surface area contributed by atoms with Crippen molar-refractivity contribution in [3.63, 3.8) is 0 Å². The van der Waals surface area contributed by atoms with Gasteiger partial charge in [0.1, 0.15) is 0 Å². The first kappa shape index (κ1) is 25.1. The summed E-state index contributed by atoms with van der Waals surface area (Å²) >= 11 is 0. The molecule has 0 spiro atoms. The summed E-state index contributed by atoms with van der Waals surface area (Å²) in [5.74, 6) is -0.258. The van der Waals surface area contributed by atoms with Gasteiger partial charge in [0.25, 0.3) is 5.91 Å². The van der Waals surface area contributed by atoms with E-state index >= 15 is 0 Å². The number of hydrogen-bond acceptors (Lipinski definition) is 6. The Morgan fingerprint density at radius 3 is 2.35 bits per heavy atom. The second kappa shape index (κ2) is 8.91. The molecule has 0 aliphatic heterocycles. The molecule has 5 rings (SSSR count). The number of hydrogen-bond donors (Lipinski definition) is 2. The number of rotatable bonds is 8. The zero-order valence-corrected chi connectivity index (χ0v) is 21.3. The van der Waals surface area contributed by atoms with E-state index in [0.717, 1.165) is 19.3 Å². The van der Waals surface area contributed by atoms with Gasteiger partial charge in [-0.25, -0.2) is 8.42 Å². The lowest BCUT2D eigenvalue weighted by molar-refractivity contribution is -0.199. The molecule has 0 heterocycles. The van der Waals surface area contributed by atoms with Crippen molar-refractivity contribution in [2.24, 2.45) is 17.3 Å². The summed E-state index contributed by atoms with van der Waals surface area (Å²) in [6.45, 7) is 7.48. The number of amides is 1. The number of esters is 1. The van der Waals surface area contributed by atoms with Crippen LogP contribution in [0.15, 0.2) is 23.1 Å². The van der Waals surface area contributed by atoms with Crippen LogP contribution in [0.1, 0.15) is 64.9 Å². The molecule has 8 nitrogen and oxygen atoms in total. The molecule has 4 fully saturated rings. The van der Waals surface area contributed by atoms with Crippen molar-refractivity contribution >= 4 is 27.6 Å². The highest BCUT2D eigenvalue weighted by molar-refractivity contribution is 7.89. The fourth-order valence-electron chi connectivity index (χ4n) is 6.69. The maximum atomic E-state index is 13.2. The van der Waals surface area contributed by atoms with E-state index in [1.54, 1.807) is 32.9 Å². The lowest BCUT2D eigenvalue weighted by Crippen LogP contribution is -2.59. The second-order valence-electron chi connectivity index (χ2n) is 10.6. The third-order valence-electron chi connectivity index (χ3n) is 7.90. The molecule has 9 heteroatoms. The van der Waals surface area contributed by atoms with Gasteiger partial charge in [0.2, 0.25) is 10.0 Å². The van der Waals surface area contributed by atoms with E-state index in [1.807, 2.05) is 0 Å². The molecule has 0 saturated heterocycles. The molecule has 34 heavy (non-hydrogen) atoms. The Bertz CT molecular complexity index is 1070. The quantitative estimate of drug-likeness (QED) is 0.539.